The van der Waals surface area contributed by atoms with Crippen LogP contribution in [0.4, 0.5) is 16.2 Å². The van der Waals surface area contributed by atoms with Crippen molar-refractivity contribution in [2.24, 2.45) is 17.5 Å². The van der Waals surface area contributed by atoms with Gasteiger partial charge in [0, 0.05) is 39.3 Å². The number of ketones is 1. The molecule has 2 aromatic carbocycles. The molecule has 0 radical (unpaired) electrons. The lowest BCUT2D eigenvalue weighted by Gasteiger charge is -2.19. The predicted molar refractivity (Wildman–Crippen MR) is 216 cm³/mol. The number of carbonyl (C=O) groups excluding carboxylic acids is 2. The van der Waals surface area contributed by atoms with Crippen LogP contribution in [0.3, 0.4) is 0 Å². The average molecular weight is 787 g/mol. The Hall–Kier alpha value is -4.22. The molecule has 14 heteroatoms. The number of Topliss-reactive ketones (excluding diaryl/α,β-unsaturated/α-hetero) is 1. The second-order valence-electron chi connectivity index (χ2n) is 13.1. The first-order valence-electron chi connectivity index (χ1n) is 16.1. The molecule has 276 valence electrons. The average Bonchev–Trinajstić information content (AvgIpc) is 3.34. The molecular weight excluding hydrogens is 742 g/mol. The number of fused-ring (bicyclic) bond motifs is 1. The monoisotopic (exact) mass is 784 g/mol. The van der Waals surface area contributed by atoms with Crippen LogP contribution in [0.25, 0.3) is 11.0 Å². The lowest BCUT2D eigenvalue weighted by atomic mass is 9.90. The van der Waals surface area contributed by atoms with Crippen LogP contribution in [0.15, 0.2) is 71.7 Å². The van der Waals surface area contributed by atoms with E-state index in [0.29, 0.717) is 34.0 Å². The van der Waals surface area contributed by atoms with Crippen molar-refractivity contribution in [3.63, 3.8) is 0 Å². The van der Waals surface area contributed by atoms with Gasteiger partial charge in [0.2, 0.25) is 5.78 Å². The number of urea groups is 1. The van der Waals surface area contributed by atoms with Gasteiger partial charge in [0.05, 0.1) is 24.5 Å². The number of aryl methyl sites for hydroxylation is 2. The zero-order chi connectivity index (χ0) is 37.5. The molecule has 0 spiro atoms. The van der Waals surface area contributed by atoms with Crippen LogP contribution in [-0.2, 0) is 24.9 Å². The summed E-state index contributed by atoms with van der Waals surface area (Å²) >= 11 is 23.5. The van der Waals surface area contributed by atoms with Crippen molar-refractivity contribution < 1.29 is 9.59 Å². The van der Waals surface area contributed by atoms with Crippen molar-refractivity contribution in [3.8, 4) is 0 Å². The van der Waals surface area contributed by atoms with E-state index in [9.17, 15) is 9.59 Å². The van der Waals surface area contributed by atoms with Gasteiger partial charge in [0.15, 0.2) is 11.5 Å². The Bertz CT molecular complexity index is 2020. The minimum Gasteiger partial charge on any atom is -0.338 e. The molecule has 0 fully saturated rings. The van der Waals surface area contributed by atoms with Gasteiger partial charge in [0.25, 0.3) is 0 Å². The summed E-state index contributed by atoms with van der Waals surface area (Å²) in [6, 6.07) is 19.2. The van der Waals surface area contributed by atoms with Crippen LogP contribution in [0.2, 0.25) is 20.4 Å². The standard InChI is InChI=1S/C19H20Cl2N2O.C18H20Cl2N6O.CH4/c1-19(2,3)17(24)18(23-16-10-8-15(21)9-11-16)22-12-13-4-6-14(20)7-5-13;1-9(2)13-5-12(22-17-16(13)10(3)25-26(17)4)8-21-18(27)23-11-6-14(19)24-15(20)7-11;/h4-11H,12H2,1-3H3,(H,22,23);5-7,9H,8H2,1-4H3,(H2,21,23,24,27);1H4. The van der Waals surface area contributed by atoms with E-state index in [4.69, 9.17) is 46.4 Å². The van der Waals surface area contributed by atoms with Gasteiger partial charge in [-0.2, -0.15) is 5.10 Å². The molecule has 0 atom stereocenters. The maximum atomic E-state index is 12.7. The smallest absolute Gasteiger partial charge is 0.319 e. The SMILES string of the molecule is C.CC(C)(C)C(=O)C(=NCc1ccc(Cl)cc1)Nc1ccc(Cl)cc1.Cc1nn(C)c2nc(CNC(=O)Nc3cc(Cl)nc(Cl)c3)cc(C(C)C)c12. The maximum absolute atomic E-state index is 12.7. The van der Waals surface area contributed by atoms with E-state index in [1.807, 2.05) is 77.2 Å². The number of anilines is 2. The first kappa shape index (κ1) is 42.2. The molecule has 3 aromatic heterocycles. The van der Waals surface area contributed by atoms with Crippen molar-refractivity contribution >= 4 is 86.5 Å². The number of hydrogen-bond donors (Lipinski definition) is 3. The number of amides is 2. The Balaban J connectivity index is 0.000000277. The number of aromatic nitrogens is 4. The van der Waals surface area contributed by atoms with Crippen molar-refractivity contribution in [1.82, 2.24) is 25.1 Å². The number of halogens is 4. The number of aliphatic imine (C=N–C) groups is 1. The summed E-state index contributed by atoms with van der Waals surface area (Å²) in [4.78, 5) is 37.8. The number of nitrogens with one attached hydrogen (secondary N) is 3. The molecule has 3 heterocycles. The highest BCUT2D eigenvalue weighted by molar-refractivity contribution is 6.44. The number of amidine groups is 1. The minimum atomic E-state index is -0.530. The summed E-state index contributed by atoms with van der Waals surface area (Å²) in [5.74, 6) is 0.596. The Labute approximate surface area is 325 Å². The second kappa shape index (κ2) is 18.5. The van der Waals surface area contributed by atoms with E-state index in [1.165, 1.54) is 12.1 Å². The first-order chi connectivity index (χ1) is 24.0. The highest BCUT2D eigenvalue weighted by Crippen LogP contribution is 2.28. The number of carbonyl (C=O) groups is 2. The van der Waals surface area contributed by atoms with Crippen molar-refractivity contribution in [2.75, 3.05) is 10.6 Å². The van der Waals surface area contributed by atoms with E-state index in [2.05, 4.69) is 49.9 Å². The fourth-order valence-electron chi connectivity index (χ4n) is 4.91. The van der Waals surface area contributed by atoms with Gasteiger partial charge in [0.1, 0.15) is 10.3 Å². The summed E-state index contributed by atoms with van der Waals surface area (Å²) in [6.07, 6.45) is 0. The maximum Gasteiger partial charge on any atom is 0.319 e. The normalized spacial score (nSPS) is 11.4. The van der Waals surface area contributed by atoms with E-state index in [1.54, 1.807) is 16.8 Å². The number of benzene rings is 2. The molecular formula is C38H44Cl4N8O2. The Morgan fingerprint density at radius 2 is 1.42 bits per heavy atom. The number of pyridine rings is 2. The Morgan fingerprint density at radius 3 is 1.98 bits per heavy atom. The summed E-state index contributed by atoms with van der Waals surface area (Å²) < 4.78 is 1.76. The van der Waals surface area contributed by atoms with Crippen molar-refractivity contribution in [3.05, 3.63) is 110 Å². The molecule has 0 saturated carbocycles. The molecule has 5 rings (SSSR count). The van der Waals surface area contributed by atoms with Gasteiger partial charge in [-0.15, -0.1) is 0 Å². The second-order valence-corrected chi connectivity index (χ2v) is 14.7. The third-order valence-corrected chi connectivity index (χ3v) is 8.35. The van der Waals surface area contributed by atoms with Gasteiger partial charge in [-0.3, -0.25) is 14.5 Å². The van der Waals surface area contributed by atoms with E-state index >= 15 is 0 Å². The first-order valence-corrected chi connectivity index (χ1v) is 17.6. The van der Waals surface area contributed by atoms with E-state index in [-0.39, 0.29) is 36.1 Å². The fourth-order valence-corrected chi connectivity index (χ4v) is 5.63. The molecule has 10 nitrogen and oxygen atoms in total. The number of rotatable bonds is 8. The third-order valence-electron chi connectivity index (χ3n) is 7.46. The van der Waals surface area contributed by atoms with Crippen LogP contribution in [-0.4, -0.2) is 37.4 Å². The lowest BCUT2D eigenvalue weighted by Crippen LogP contribution is -2.33. The summed E-state index contributed by atoms with van der Waals surface area (Å²) in [5, 5.41) is 15.8. The van der Waals surface area contributed by atoms with Gasteiger partial charge in [-0.1, -0.05) is 101 Å². The summed E-state index contributed by atoms with van der Waals surface area (Å²) in [7, 11) is 1.87. The van der Waals surface area contributed by atoms with Gasteiger partial charge < -0.3 is 16.0 Å². The zero-order valence-corrected chi connectivity index (χ0v) is 32.4. The summed E-state index contributed by atoms with van der Waals surface area (Å²) in [6.45, 7) is 12.5. The third kappa shape index (κ3) is 11.9. The molecule has 5 aromatic rings. The number of hydrogen-bond acceptors (Lipinski definition) is 6. The molecule has 0 saturated heterocycles. The molecule has 3 N–H and O–H groups in total. The fraction of sp³-hybridized carbons (Fsp3) is 0.316. The Morgan fingerprint density at radius 1 is 0.846 bits per heavy atom. The van der Waals surface area contributed by atoms with Crippen LogP contribution in [0.5, 0.6) is 0 Å². The van der Waals surface area contributed by atoms with Crippen LogP contribution in [0.1, 0.15) is 70.5 Å². The van der Waals surface area contributed by atoms with Gasteiger partial charge in [-0.25, -0.2) is 14.8 Å². The molecule has 0 aliphatic heterocycles. The van der Waals surface area contributed by atoms with Crippen LogP contribution in [0, 0.1) is 12.3 Å². The summed E-state index contributed by atoms with van der Waals surface area (Å²) in [5.41, 5.74) is 5.37. The molecule has 0 aliphatic carbocycles. The quantitative estimate of drug-likeness (QED) is 0.0817. The number of nitrogens with zero attached hydrogens (tertiary/aromatic N) is 5. The van der Waals surface area contributed by atoms with Crippen LogP contribution >= 0.6 is 46.4 Å². The molecule has 0 aliphatic rings. The topological polar surface area (TPSA) is 126 Å². The van der Waals surface area contributed by atoms with E-state index in [0.717, 1.165) is 39.2 Å². The van der Waals surface area contributed by atoms with E-state index < -0.39 is 5.41 Å². The lowest BCUT2D eigenvalue weighted by molar-refractivity contribution is -0.119. The highest BCUT2D eigenvalue weighted by atomic mass is 35.5. The largest absolute Gasteiger partial charge is 0.338 e. The highest BCUT2D eigenvalue weighted by Gasteiger charge is 2.26. The molecule has 52 heavy (non-hydrogen) atoms. The van der Waals surface area contributed by atoms with Crippen LogP contribution < -0.4 is 16.0 Å². The van der Waals surface area contributed by atoms with Gasteiger partial charge >= 0.3 is 6.03 Å². The molecule has 0 unspecified atom stereocenters. The van der Waals surface area contributed by atoms with Gasteiger partial charge in [-0.05, 0) is 78.6 Å². The molecule has 0 bridgehead atoms. The zero-order valence-electron chi connectivity index (χ0n) is 29.4. The van der Waals surface area contributed by atoms with Crippen molar-refractivity contribution in [2.45, 2.75) is 68.0 Å². The van der Waals surface area contributed by atoms with Crippen molar-refractivity contribution in [1.29, 1.82) is 0 Å². The predicted octanol–water partition coefficient (Wildman–Crippen LogP) is 10.7. The Kier molecular flexibility index (Phi) is 15.0. The molecule has 2 amide bonds. The minimum absolute atomic E-state index is 0.